The third kappa shape index (κ3) is 2.09. The van der Waals surface area contributed by atoms with Gasteiger partial charge in [-0.2, -0.15) is 5.10 Å². The van der Waals surface area contributed by atoms with Crippen molar-refractivity contribution in [2.75, 3.05) is 27.2 Å². The van der Waals surface area contributed by atoms with Gasteiger partial charge in [-0.05, 0) is 39.4 Å². The van der Waals surface area contributed by atoms with Crippen LogP contribution in [0.25, 0.3) is 0 Å². The van der Waals surface area contributed by atoms with Crippen LogP contribution in [0.2, 0.25) is 0 Å². The van der Waals surface area contributed by atoms with Crippen LogP contribution >= 0.6 is 0 Å². The zero-order valence-corrected chi connectivity index (χ0v) is 10.7. The number of rotatable bonds is 2. The molecule has 0 radical (unpaired) electrons. The maximum Gasteiger partial charge on any atom is 0.137 e. The molecular weight excluding hydrogens is 214 g/mol. The van der Waals surface area contributed by atoms with Crippen LogP contribution in [0.5, 0.6) is 0 Å². The molecule has 0 amide bonds. The molecule has 0 aliphatic carbocycles. The van der Waals surface area contributed by atoms with Crippen LogP contribution in [0.1, 0.15) is 12.8 Å². The number of likely N-dealkylation sites (tertiary alicyclic amines) is 2. The Kier molecular flexibility index (Phi) is 2.88. The van der Waals surface area contributed by atoms with E-state index in [0.717, 1.165) is 18.5 Å². The van der Waals surface area contributed by atoms with Crippen LogP contribution in [-0.2, 0) is 6.54 Å². The van der Waals surface area contributed by atoms with Gasteiger partial charge in [0.1, 0.15) is 12.7 Å². The van der Waals surface area contributed by atoms with Crippen LogP contribution in [0.4, 0.5) is 0 Å². The summed E-state index contributed by atoms with van der Waals surface area (Å²) in [6, 6.07) is 1.40. The predicted octanol–water partition coefficient (Wildman–Crippen LogP) is 0.303. The van der Waals surface area contributed by atoms with Crippen molar-refractivity contribution >= 4 is 0 Å². The molecule has 2 aliphatic rings. The van der Waals surface area contributed by atoms with Gasteiger partial charge in [0.2, 0.25) is 0 Å². The maximum absolute atomic E-state index is 4.21. The zero-order valence-electron chi connectivity index (χ0n) is 10.7. The summed E-state index contributed by atoms with van der Waals surface area (Å²) in [6.45, 7) is 3.47. The number of nitrogens with zero attached hydrogens (tertiary/aromatic N) is 5. The molecular formula is C12H21N5. The van der Waals surface area contributed by atoms with Gasteiger partial charge in [0, 0.05) is 18.6 Å². The van der Waals surface area contributed by atoms with Gasteiger partial charge in [-0.3, -0.25) is 9.58 Å². The molecule has 94 valence electrons. The Balaban J connectivity index is 1.67. The van der Waals surface area contributed by atoms with Crippen LogP contribution in [-0.4, -0.2) is 63.8 Å². The van der Waals surface area contributed by atoms with Crippen molar-refractivity contribution in [2.45, 2.75) is 31.5 Å². The van der Waals surface area contributed by atoms with Gasteiger partial charge in [-0.1, -0.05) is 0 Å². The summed E-state index contributed by atoms with van der Waals surface area (Å²) >= 11 is 0. The standard InChI is InChI=1S/C12H21N5/c1-15-4-3-12-10(6-15)5-11(16(12)2)7-17-9-13-8-14-17/h8-12H,3-7H2,1-2H3/t10-,11+,12+/m0/s1. The van der Waals surface area contributed by atoms with Gasteiger partial charge in [0.25, 0.3) is 0 Å². The fraction of sp³-hybridized carbons (Fsp3) is 0.833. The molecule has 3 rings (SSSR count). The van der Waals surface area contributed by atoms with E-state index in [1.54, 1.807) is 6.33 Å². The zero-order chi connectivity index (χ0) is 11.8. The highest BCUT2D eigenvalue weighted by molar-refractivity contribution is 4.95. The smallest absolute Gasteiger partial charge is 0.137 e. The van der Waals surface area contributed by atoms with Gasteiger partial charge in [-0.15, -0.1) is 0 Å². The monoisotopic (exact) mass is 235 g/mol. The topological polar surface area (TPSA) is 37.2 Å². The van der Waals surface area contributed by atoms with Crippen molar-refractivity contribution < 1.29 is 0 Å². The van der Waals surface area contributed by atoms with Crippen LogP contribution < -0.4 is 0 Å². The summed E-state index contributed by atoms with van der Waals surface area (Å²) in [5.74, 6) is 0.840. The number of likely N-dealkylation sites (N-methyl/N-ethyl adjacent to an activating group) is 1. The average molecular weight is 235 g/mol. The first-order chi connectivity index (χ1) is 8.24. The number of hydrogen-bond acceptors (Lipinski definition) is 4. The lowest BCUT2D eigenvalue weighted by Crippen LogP contribution is -2.44. The molecule has 2 aliphatic heterocycles. The first kappa shape index (κ1) is 11.2. The van der Waals surface area contributed by atoms with E-state index < -0.39 is 0 Å². The molecule has 0 aromatic carbocycles. The second-order valence-electron chi connectivity index (χ2n) is 5.55. The number of fused-ring (bicyclic) bond motifs is 1. The van der Waals surface area contributed by atoms with E-state index in [9.17, 15) is 0 Å². The van der Waals surface area contributed by atoms with Crippen molar-refractivity contribution in [3.8, 4) is 0 Å². The van der Waals surface area contributed by atoms with Crippen molar-refractivity contribution in [1.29, 1.82) is 0 Å². The summed E-state index contributed by atoms with van der Waals surface area (Å²) in [4.78, 5) is 9.05. The van der Waals surface area contributed by atoms with Gasteiger partial charge in [-0.25, -0.2) is 4.98 Å². The van der Waals surface area contributed by atoms with Crippen LogP contribution in [0, 0.1) is 5.92 Å². The number of aromatic nitrogens is 3. The molecule has 17 heavy (non-hydrogen) atoms. The van der Waals surface area contributed by atoms with E-state index in [-0.39, 0.29) is 0 Å². The highest BCUT2D eigenvalue weighted by atomic mass is 15.3. The molecule has 2 saturated heterocycles. The first-order valence-electron chi connectivity index (χ1n) is 6.47. The van der Waals surface area contributed by atoms with E-state index in [1.165, 1.54) is 25.9 Å². The lowest BCUT2D eigenvalue weighted by atomic mass is 9.92. The van der Waals surface area contributed by atoms with E-state index in [4.69, 9.17) is 0 Å². The molecule has 0 N–H and O–H groups in total. The van der Waals surface area contributed by atoms with E-state index in [2.05, 4.69) is 34.0 Å². The summed E-state index contributed by atoms with van der Waals surface area (Å²) in [5, 5.41) is 4.21. The molecule has 3 heterocycles. The second kappa shape index (κ2) is 4.38. The van der Waals surface area contributed by atoms with Crippen molar-refractivity contribution in [2.24, 2.45) is 5.92 Å². The Bertz CT molecular complexity index is 363. The van der Waals surface area contributed by atoms with Gasteiger partial charge < -0.3 is 4.90 Å². The Morgan fingerprint density at radius 3 is 3.00 bits per heavy atom. The second-order valence-corrected chi connectivity index (χ2v) is 5.55. The summed E-state index contributed by atoms with van der Waals surface area (Å²) in [7, 11) is 4.51. The summed E-state index contributed by atoms with van der Waals surface area (Å²) < 4.78 is 1.96. The van der Waals surface area contributed by atoms with E-state index in [0.29, 0.717) is 6.04 Å². The Morgan fingerprint density at radius 1 is 1.35 bits per heavy atom. The molecule has 1 aromatic rings. The van der Waals surface area contributed by atoms with Gasteiger partial charge in [0.05, 0.1) is 6.54 Å². The number of piperidine rings is 1. The quantitative estimate of drug-likeness (QED) is 0.739. The molecule has 0 saturated carbocycles. The molecule has 0 bridgehead atoms. The maximum atomic E-state index is 4.21. The molecule has 3 atom stereocenters. The molecule has 5 nitrogen and oxygen atoms in total. The van der Waals surface area contributed by atoms with Crippen molar-refractivity contribution in [1.82, 2.24) is 24.6 Å². The summed E-state index contributed by atoms with van der Waals surface area (Å²) in [5.41, 5.74) is 0. The minimum absolute atomic E-state index is 0.623. The first-order valence-corrected chi connectivity index (χ1v) is 6.47. The van der Waals surface area contributed by atoms with E-state index >= 15 is 0 Å². The third-order valence-electron chi connectivity index (χ3n) is 4.44. The Labute approximate surface area is 102 Å². The Morgan fingerprint density at radius 2 is 2.24 bits per heavy atom. The number of hydrogen-bond donors (Lipinski definition) is 0. The van der Waals surface area contributed by atoms with Crippen LogP contribution in [0.15, 0.2) is 12.7 Å². The van der Waals surface area contributed by atoms with Gasteiger partial charge in [0.15, 0.2) is 0 Å². The Hall–Kier alpha value is -0.940. The highest BCUT2D eigenvalue weighted by Crippen LogP contribution is 2.34. The SMILES string of the molecule is CN1CC[C@@H]2[C@@H](C[C@H](Cn3cncn3)N2C)C1. The average Bonchev–Trinajstić information content (AvgIpc) is 2.89. The molecule has 0 unspecified atom stereocenters. The minimum Gasteiger partial charge on any atom is -0.306 e. The molecule has 0 spiro atoms. The molecule has 2 fully saturated rings. The van der Waals surface area contributed by atoms with Crippen LogP contribution in [0.3, 0.4) is 0 Å². The minimum atomic E-state index is 0.623. The highest BCUT2D eigenvalue weighted by Gasteiger charge is 2.41. The molecule has 5 heteroatoms. The predicted molar refractivity (Wildman–Crippen MR) is 65.6 cm³/mol. The van der Waals surface area contributed by atoms with Crippen molar-refractivity contribution in [3.63, 3.8) is 0 Å². The summed E-state index contributed by atoms with van der Waals surface area (Å²) in [6.07, 6.45) is 6.05. The fourth-order valence-corrected chi connectivity index (χ4v) is 3.50. The normalized spacial score (nSPS) is 35.1. The largest absolute Gasteiger partial charge is 0.306 e. The van der Waals surface area contributed by atoms with Gasteiger partial charge >= 0.3 is 0 Å². The fourth-order valence-electron chi connectivity index (χ4n) is 3.50. The van der Waals surface area contributed by atoms with Crippen molar-refractivity contribution in [3.05, 3.63) is 12.7 Å². The lowest BCUT2D eigenvalue weighted by molar-refractivity contribution is 0.131. The third-order valence-corrected chi connectivity index (χ3v) is 4.44. The molecule has 1 aromatic heterocycles. The lowest BCUT2D eigenvalue weighted by Gasteiger charge is -2.35. The van der Waals surface area contributed by atoms with E-state index in [1.807, 2.05) is 11.0 Å².